The summed E-state index contributed by atoms with van der Waals surface area (Å²) in [4.78, 5) is 16.8. The Labute approximate surface area is 113 Å². The van der Waals surface area contributed by atoms with E-state index < -0.39 is 5.97 Å². The molecular formula is C14H21FN2O2. The molecule has 5 heteroatoms. The minimum absolute atomic E-state index is 0.0365. The van der Waals surface area contributed by atoms with Gasteiger partial charge in [0.2, 0.25) is 0 Å². The van der Waals surface area contributed by atoms with Crippen LogP contribution in [0.5, 0.6) is 0 Å². The first-order chi connectivity index (χ1) is 8.91. The van der Waals surface area contributed by atoms with Gasteiger partial charge in [-0.05, 0) is 45.9 Å². The molecule has 1 heterocycles. The molecule has 0 saturated carbocycles. The second kappa shape index (κ2) is 7.19. The van der Waals surface area contributed by atoms with E-state index in [1.807, 2.05) is 6.92 Å². The van der Waals surface area contributed by atoms with Crippen LogP contribution in [0.15, 0.2) is 18.3 Å². The first-order valence-electron chi connectivity index (χ1n) is 6.50. The van der Waals surface area contributed by atoms with Crippen molar-refractivity contribution in [1.82, 2.24) is 9.88 Å². The first-order valence-corrected chi connectivity index (χ1v) is 6.50. The van der Waals surface area contributed by atoms with E-state index in [-0.39, 0.29) is 24.3 Å². The maximum atomic E-state index is 12.9. The summed E-state index contributed by atoms with van der Waals surface area (Å²) in [6.07, 6.45) is 1.97. The third-order valence-corrected chi connectivity index (χ3v) is 3.15. The number of aliphatic carboxylic acids is 1. The molecule has 19 heavy (non-hydrogen) atoms. The van der Waals surface area contributed by atoms with E-state index in [2.05, 4.69) is 23.7 Å². The molecule has 0 bridgehead atoms. The van der Waals surface area contributed by atoms with Crippen molar-refractivity contribution in [3.8, 4) is 0 Å². The number of carbonyl (C=O) groups is 1. The summed E-state index contributed by atoms with van der Waals surface area (Å²) in [5, 5.41) is 8.68. The zero-order valence-electron chi connectivity index (χ0n) is 11.6. The van der Waals surface area contributed by atoms with E-state index >= 15 is 0 Å². The van der Waals surface area contributed by atoms with E-state index in [1.54, 1.807) is 6.07 Å². The highest BCUT2D eigenvalue weighted by Crippen LogP contribution is 2.21. The van der Waals surface area contributed by atoms with E-state index in [0.717, 1.165) is 5.69 Å². The fraction of sp³-hybridized carbons (Fsp3) is 0.571. The number of halogens is 1. The van der Waals surface area contributed by atoms with Crippen molar-refractivity contribution in [2.75, 3.05) is 6.54 Å². The molecule has 0 amide bonds. The van der Waals surface area contributed by atoms with Gasteiger partial charge < -0.3 is 5.11 Å². The van der Waals surface area contributed by atoms with Crippen molar-refractivity contribution in [3.05, 3.63) is 29.8 Å². The van der Waals surface area contributed by atoms with Gasteiger partial charge in [0.05, 0.1) is 11.9 Å². The fourth-order valence-electron chi connectivity index (χ4n) is 2.12. The van der Waals surface area contributed by atoms with Crippen molar-refractivity contribution >= 4 is 5.97 Å². The molecule has 0 spiro atoms. The van der Waals surface area contributed by atoms with Crippen LogP contribution in [0.2, 0.25) is 0 Å². The van der Waals surface area contributed by atoms with Crippen molar-refractivity contribution in [2.45, 2.75) is 45.7 Å². The minimum Gasteiger partial charge on any atom is -0.481 e. The average Bonchev–Trinajstić information content (AvgIpc) is 2.34. The predicted molar refractivity (Wildman–Crippen MR) is 71.3 cm³/mol. The zero-order chi connectivity index (χ0) is 14.4. The second-order valence-corrected chi connectivity index (χ2v) is 4.91. The van der Waals surface area contributed by atoms with Crippen LogP contribution in [0, 0.1) is 5.82 Å². The third kappa shape index (κ3) is 4.95. The van der Waals surface area contributed by atoms with Crippen LogP contribution in [-0.2, 0) is 4.79 Å². The smallest absolute Gasteiger partial charge is 0.303 e. The highest BCUT2D eigenvalue weighted by atomic mass is 19.1. The lowest BCUT2D eigenvalue weighted by molar-refractivity contribution is -0.137. The molecule has 4 nitrogen and oxygen atoms in total. The van der Waals surface area contributed by atoms with Gasteiger partial charge in [-0.25, -0.2) is 4.39 Å². The van der Waals surface area contributed by atoms with Crippen LogP contribution in [0.3, 0.4) is 0 Å². The van der Waals surface area contributed by atoms with Gasteiger partial charge in [-0.15, -0.1) is 0 Å². The number of pyridine rings is 1. The number of carboxylic acids is 1. The number of carboxylic acid groups (broad SMARTS) is 1. The molecule has 0 radical (unpaired) electrons. The number of hydrogen-bond donors (Lipinski definition) is 1. The Bertz CT molecular complexity index is 406. The molecule has 0 aromatic carbocycles. The van der Waals surface area contributed by atoms with Crippen LogP contribution in [0.1, 0.15) is 45.3 Å². The molecule has 0 aliphatic carbocycles. The predicted octanol–water partition coefficient (Wildman–Crippen LogP) is 2.86. The Morgan fingerprint density at radius 2 is 2.11 bits per heavy atom. The molecule has 0 saturated heterocycles. The summed E-state index contributed by atoms with van der Waals surface area (Å²) >= 11 is 0. The molecule has 1 atom stereocenters. The van der Waals surface area contributed by atoms with E-state index in [0.29, 0.717) is 13.0 Å². The number of aromatic nitrogens is 1. The largest absolute Gasteiger partial charge is 0.481 e. The molecule has 1 N–H and O–H groups in total. The van der Waals surface area contributed by atoms with Crippen LogP contribution < -0.4 is 0 Å². The topological polar surface area (TPSA) is 53.4 Å². The van der Waals surface area contributed by atoms with Gasteiger partial charge in [-0.1, -0.05) is 0 Å². The third-order valence-electron chi connectivity index (χ3n) is 3.15. The van der Waals surface area contributed by atoms with Crippen LogP contribution >= 0.6 is 0 Å². The van der Waals surface area contributed by atoms with Gasteiger partial charge in [-0.3, -0.25) is 14.7 Å². The molecule has 1 aromatic rings. The number of rotatable bonds is 7. The summed E-state index contributed by atoms with van der Waals surface area (Å²) in [6.45, 7) is 6.80. The summed E-state index contributed by atoms with van der Waals surface area (Å²) < 4.78 is 12.9. The minimum atomic E-state index is -0.781. The maximum absolute atomic E-state index is 12.9. The molecule has 1 unspecified atom stereocenters. The van der Waals surface area contributed by atoms with Gasteiger partial charge in [0.25, 0.3) is 0 Å². The van der Waals surface area contributed by atoms with Gasteiger partial charge in [-0.2, -0.15) is 0 Å². The van der Waals surface area contributed by atoms with Gasteiger partial charge in [0.15, 0.2) is 0 Å². The highest BCUT2D eigenvalue weighted by Gasteiger charge is 2.19. The fourth-order valence-corrected chi connectivity index (χ4v) is 2.12. The maximum Gasteiger partial charge on any atom is 0.303 e. The lowest BCUT2D eigenvalue weighted by atomic mass is 10.1. The lowest BCUT2D eigenvalue weighted by Crippen LogP contribution is -2.35. The molecular weight excluding hydrogens is 247 g/mol. The average molecular weight is 268 g/mol. The number of hydrogen-bond acceptors (Lipinski definition) is 3. The molecule has 1 rings (SSSR count). The number of nitrogens with zero attached hydrogens (tertiary/aromatic N) is 2. The normalized spacial score (nSPS) is 12.9. The first kappa shape index (κ1) is 15.6. The van der Waals surface area contributed by atoms with Crippen LogP contribution in [0.25, 0.3) is 0 Å². The Balaban J connectivity index is 2.69. The summed E-state index contributed by atoms with van der Waals surface area (Å²) in [7, 11) is 0. The Hall–Kier alpha value is -1.49. The second-order valence-electron chi connectivity index (χ2n) is 4.91. The van der Waals surface area contributed by atoms with Gasteiger partial charge in [0, 0.05) is 18.5 Å². The molecule has 0 aliphatic heterocycles. The van der Waals surface area contributed by atoms with Crippen LogP contribution in [-0.4, -0.2) is 33.5 Å². The molecule has 0 fully saturated rings. The van der Waals surface area contributed by atoms with Crippen molar-refractivity contribution < 1.29 is 14.3 Å². The zero-order valence-corrected chi connectivity index (χ0v) is 11.6. The SMILES string of the molecule is CC(C)N(CCCC(=O)O)C(C)c1ccc(F)cn1. The van der Waals surface area contributed by atoms with E-state index in [4.69, 9.17) is 5.11 Å². The summed E-state index contributed by atoms with van der Waals surface area (Å²) in [5.74, 6) is -1.13. The quantitative estimate of drug-likeness (QED) is 0.826. The van der Waals surface area contributed by atoms with E-state index in [9.17, 15) is 9.18 Å². The standard InChI is InChI=1S/C14H21FN2O2/c1-10(2)17(8-4-5-14(18)19)11(3)13-7-6-12(15)9-16-13/h6-7,9-11H,4-5,8H2,1-3H3,(H,18,19). The van der Waals surface area contributed by atoms with Crippen LogP contribution in [0.4, 0.5) is 4.39 Å². The lowest BCUT2D eigenvalue weighted by Gasteiger charge is -2.32. The van der Waals surface area contributed by atoms with Gasteiger partial charge in [0.1, 0.15) is 5.82 Å². The summed E-state index contributed by atoms with van der Waals surface area (Å²) in [6, 6.07) is 3.38. The monoisotopic (exact) mass is 268 g/mol. The summed E-state index contributed by atoms with van der Waals surface area (Å²) in [5.41, 5.74) is 0.797. The van der Waals surface area contributed by atoms with Crippen molar-refractivity contribution in [1.29, 1.82) is 0 Å². The Morgan fingerprint density at radius 3 is 2.58 bits per heavy atom. The van der Waals surface area contributed by atoms with E-state index in [1.165, 1.54) is 12.3 Å². The van der Waals surface area contributed by atoms with Gasteiger partial charge >= 0.3 is 5.97 Å². The molecule has 0 aliphatic rings. The highest BCUT2D eigenvalue weighted by molar-refractivity contribution is 5.66. The Kier molecular flexibility index (Phi) is 5.89. The van der Waals surface area contributed by atoms with Crippen molar-refractivity contribution in [3.63, 3.8) is 0 Å². The molecule has 1 aromatic heterocycles. The van der Waals surface area contributed by atoms with Crippen molar-refractivity contribution in [2.24, 2.45) is 0 Å². The molecule has 106 valence electrons. The Morgan fingerprint density at radius 1 is 1.42 bits per heavy atom.